The minimum Gasteiger partial charge on any atom is -0.496 e. The first kappa shape index (κ1) is 23.7. The second-order valence-corrected chi connectivity index (χ2v) is 8.64. The maximum absolute atomic E-state index is 13.5. The van der Waals surface area contributed by atoms with Crippen LogP contribution in [0.15, 0.2) is 89.7 Å². The Morgan fingerprint density at radius 2 is 1.69 bits per heavy atom. The first-order valence-corrected chi connectivity index (χ1v) is 11.8. The summed E-state index contributed by atoms with van der Waals surface area (Å²) in [5, 5.41) is 12.7. The highest BCUT2D eigenvalue weighted by Crippen LogP contribution is 2.17. The van der Waals surface area contributed by atoms with Crippen LogP contribution in [-0.4, -0.2) is 24.1 Å². The van der Waals surface area contributed by atoms with Gasteiger partial charge in [-0.3, -0.25) is 14.2 Å². The Bertz CT molecular complexity index is 1550. The summed E-state index contributed by atoms with van der Waals surface area (Å²) in [5.74, 6) is 0.106. The van der Waals surface area contributed by atoms with Crippen LogP contribution in [-0.2, 0) is 11.2 Å². The molecule has 0 radical (unpaired) electrons. The van der Waals surface area contributed by atoms with Gasteiger partial charge < -0.3 is 10.1 Å². The number of nitrogens with one attached hydrogen (secondary N) is 1. The number of rotatable bonds is 7. The van der Waals surface area contributed by atoms with Gasteiger partial charge in [0.05, 0.1) is 17.3 Å². The number of thiazole rings is 1. The van der Waals surface area contributed by atoms with Crippen molar-refractivity contribution in [1.29, 1.82) is 5.26 Å². The summed E-state index contributed by atoms with van der Waals surface area (Å²) in [6.07, 6.45) is 2.35. The number of benzene rings is 3. The molecule has 1 aromatic heterocycles. The molecular formula is C28H23N3O3S. The van der Waals surface area contributed by atoms with Gasteiger partial charge in [0.25, 0.3) is 11.5 Å². The molecule has 7 heteroatoms. The SMILES string of the molecule is COc1ccccc1/C=c1\s/c(=C(\C#N)C(=O)NCCc2ccccc2)n(-c2ccccc2)c1=O. The second kappa shape index (κ2) is 11.1. The van der Waals surface area contributed by atoms with Gasteiger partial charge in [-0.05, 0) is 36.3 Å². The topological polar surface area (TPSA) is 84.1 Å². The number of nitriles is 1. The van der Waals surface area contributed by atoms with Crippen molar-refractivity contribution in [1.82, 2.24) is 9.88 Å². The molecule has 0 aliphatic rings. The molecule has 1 N–H and O–H groups in total. The fourth-order valence-corrected chi connectivity index (χ4v) is 4.73. The van der Waals surface area contributed by atoms with E-state index in [0.29, 0.717) is 28.9 Å². The normalized spacial score (nSPS) is 12.1. The third-order valence-electron chi connectivity index (χ3n) is 5.36. The Morgan fingerprint density at radius 1 is 1.03 bits per heavy atom. The summed E-state index contributed by atoms with van der Waals surface area (Å²) in [5.41, 5.74) is 1.96. The summed E-state index contributed by atoms with van der Waals surface area (Å²) in [7, 11) is 1.57. The predicted octanol–water partition coefficient (Wildman–Crippen LogP) is 2.77. The molecule has 1 heterocycles. The maximum atomic E-state index is 13.5. The van der Waals surface area contributed by atoms with E-state index in [1.807, 2.05) is 66.7 Å². The van der Waals surface area contributed by atoms with Gasteiger partial charge in [0.2, 0.25) is 0 Å². The Balaban J connectivity index is 1.82. The van der Waals surface area contributed by atoms with E-state index >= 15 is 0 Å². The first-order chi connectivity index (χ1) is 17.1. The van der Waals surface area contributed by atoms with Crippen LogP contribution in [0.5, 0.6) is 5.75 Å². The molecule has 0 saturated carbocycles. The molecule has 3 aromatic carbocycles. The zero-order chi connectivity index (χ0) is 24.6. The Kier molecular flexibility index (Phi) is 7.56. The molecule has 0 aliphatic heterocycles. The monoisotopic (exact) mass is 481 g/mol. The number of ether oxygens (including phenoxy) is 1. The lowest BCUT2D eigenvalue weighted by Gasteiger charge is -2.06. The molecule has 0 bridgehead atoms. The fourth-order valence-electron chi connectivity index (χ4n) is 3.64. The largest absolute Gasteiger partial charge is 0.496 e. The number of carbonyl (C=O) groups excluding carboxylic acids is 1. The summed E-state index contributed by atoms with van der Waals surface area (Å²) in [4.78, 5) is 26.5. The smallest absolute Gasteiger partial charge is 0.273 e. The van der Waals surface area contributed by atoms with E-state index in [1.165, 1.54) is 4.57 Å². The molecule has 0 saturated heterocycles. The predicted molar refractivity (Wildman–Crippen MR) is 138 cm³/mol. The summed E-state index contributed by atoms with van der Waals surface area (Å²) >= 11 is 1.10. The van der Waals surface area contributed by atoms with Crippen LogP contribution < -0.4 is 24.8 Å². The van der Waals surface area contributed by atoms with Crippen molar-refractivity contribution >= 4 is 28.9 Å². The highest BCUT2D eigenvalue weighted by atomic mass is 32.1. The molecule has 35 heavy (non-hydrogen) atoms. The van der Waals surface area contributed by atoms with Gasteiger partial charge in [-0.2, -0.15) is 5.26 Å². The Labute approximate surface area is 206 Å². The number of amides is 1. The van der Waals surface area contributed by atoms with Crippen LogP contribution >= 0.6 is 11.3 Å². The van der Waals surface area contributed by atoms with E-state index in [4.69, 9.17) is 4.74 Å². The van der Waals surface area contributed by atoms with E-state index in [0.717, 1.165) is 22.5 Å². The molecule has 1 amide bonds. The van der Waals surface area contributed by atoms with Gasteiger partial charge in [0.15, 0.2) is 5.57 Å². The van der Waals surface area contributed by atoms with Gasteiger partial charge >= 0.3 is 0 Å². The molecule has 0 unspecified atom stereocenters. The van der Waals surface area contributed by atoms with E-state index < -0.39 is 5.91 Å². The third-order valence-corrected chi connectivity index (χ3v) is 6.45. The van der Waals surface area contributed by atoms with E-state index in [9.17, 15) is 14.9 Å². The molecule has 174 valence electrons. The number of hydrogen-bond acceptors (Lipinski definition) is 5. The molecular weight excluding hydrogens is 458 g/mol. The zero-order valence-electron chi connectivity index (χ0n) is 19.1. The van der Waals surface area contributed by atoms with Gasteiger partial charge in [0, 0.05) is 12.1 Å². The number of nitrogens with zero attached hydrogens (tertiary/aromatic N) is 2. The standard InChI is InChI=1S/C28H23N3O3S/c1-34-24-15-9-8-12-21(24)18-25-27(33)31(22-13-6-3-7-14-22)28(35-25)23(19-29)26(32)30-17-16-20-10-4-2-5-11-20/h2-15,18H,16-17H2,1H3,(H,30,32)/b25-18-,28-23+. The van der Waals surface area contributed by atoms with Gasteiger partial charge in [0.1, 0.15) is 16.5 Å². The van der Waals surface area contributed by atoms with Crippen molar-refractivity contribution in [3.8, 4) is 17.5 Å². The van der Waals surface area contributed by atoms with Crippen molar-refractivity contribution in [2.24, 2.45) is 0 Å². The van der Waals surface area contributed by atoms with Crippen LogP contribution in [0.2, 0.25) is 0 Å². The lowest BCUT2D eigenvalue weighted by Crippen LogP contribution is -2.34. The lowest BCUT2D eigenvalue weighted by atomic mass is 10.1. The Morgan fingerprint density at radius 3 is 2.37 bits per heavy atom. The molecule has 6 nitrogen and oxygen atoms in total. The second-order valence-electron chi connectivity index (χ2n) is 7.61. The van der Waals surface area contributed by atoms with Crippen LogP contribution in [0.4, 0.5) is 0 Å². The van der Waals surface area contributed by atoms with Crippen LogP contribution in [0.25, 0.3) is 17.3 Å². The van der Waals surface area contributed by atoms with Crippen LogP contribution in [0.1, 0.15) is 11.1 Å². The number of aromatic nitrogens is 1. The summed E-state index contributed by atoms with van der Waals surface area (Å²) in [6.45, 7) is 0.370. The van der Waals surface area contributed by atoms with Crippen LogP contribution in [0.3, 0.4) is 0 Å². The van der Waals surface area contributed by atoms with Crippen molar-refractivity contribution in [2.45, 2.75) is 6.42 Å². The third kappa shape index (κ3) is 5.40. The lowest BCUT2D eigenvalue weighted by molar-refractivity contribution is -0.115. The average Bonchev–Trinajstić information content (AvgIpc) is 3.21. The molecule has 0 fully saturated rings. The van der Waals surface area contributed by atoms with Crippen molar-refractivity contribution in [3.05, 3.63) is 116 Å². The molecule has 4 aromatic rings. The molecule has 0 aliphatic carbocycles. The zero-order valence-corrected chi connectivity index (χ0v) is 19.9. The van der Waals surface area contributed by atoms with Gasteiger partial charge in [-0.15, -0.1) is 11.3 Å². The fraction of sp³-hybridized carbons (Fsp3) is 0.107. The molecule has 0 atom stereocenters. The average molecular weight is 482 g/mol. The van der Waals surface area contributed by atoms with E-state index in [1.54, 1.807) is 37.5 Å². The minimum atomic E-state index is -0.516. The minimum absolute atomic E-state index is 0.108. The molecule has 0 spiro atoms. The summed E-state index contributed by atoms with van der Waals surface area (Å²) < 4.78 is 7.49. The van der Waals surface area contributed by atoms with Crippen molar-refractivity contribution in [3.63, 3.8) is 0 Å². The number of methoxy groups -OCH3 is 1. The highest BCUT2D eigenvalue weighted by molar-refractivity contribution is 7.07. The van der Waals surface area contributed by atoms with Gasteiger partial charge in [-0.1, -0.05) is 66.7 Å². The number of hydrogen-bond donors (Lipinski definition) is 1. The molecule has 4 rings (SSSR count). The maximum Gasteiger partial charge on any atom is 0.273 e. The number of para-hydroxylation sites is 2. The first-order valence-electron chi connectivity index (χ1n) is 11.0. The van der Waals surface area contributed by atoms with Crippen molar-refractivity contribution in [2.75, 3.05) is 13.7 Å². The quantitative estimate of drug-likeness (QED) is 0.440. The number of carbonyl (C=O) groups is 1. The highest BCUT2D eigenvalue weighted by Gasteiger charge is 2.17. The Hall–Kier alpha value is -4.41. The van der Waals surface area contributed by atoms with Gasteiger partial charge in [-0.25, -0.2) is 0 Å². The summed E-state index contributed by atoms with van der Waals surface area (Å²) in [6, 6.07) is 28.1. The van der Waals surface area contributed by atoms with E-state index in [-0.39, 0.29) is 15.8 Å². The van der Waals surface area contributed by atoms with E-state index in [2.05, 4.69) is 5.32 Å². The van der Waals surface area contributed by atoms with Crippen molar-refractivity contribution < 1.29 is 9.53 Å². The van der Waals surface area contributed by atoms with Crippen LogP contribution in [0, 0.1) is 11.3 Å².